The van der Waals surface area contributed by atoms with Gasteiger partial charge in [0, 0.05) is 12.2 Å². The quantitative estimate of drug-likeness (QED) is 0.720. The molecule has 18 heavy (non-hydrogen) atoms. The summed E-state index contributed by atoms with van der Waals surface area (Å²) >= 11 is 0. The Kier molecular flexibility index (Phi) is 4.07. The lowest BCUT2D eigenvalue weighted by molar-refractivity contribution is 0.250. The predicted molar refractivity (Wildman–Crippen MR) is 71.8 cm³/mol. The summed E-state index contributed by atoms with van der Waals surface area (Å²) < 4.78 is 0. The maximum absolute atomic E-state index is 11.7. The highest BCUT2D eigenvalue weighted by Crippen LogP contribution is 2.24. The van der Waals surface area contributed by atoms with Gasteiger partial charge in [-0.2, -0.15) is 0 Å². The number of nitrogens with one attached hydrogen (secondary N) is 2. The lowest BCUT2D eigenvalue weighted by atomic mass is 10.1. The van der Waals surface area contributed by atoms with Gasteiger partial charge in [0.2, 0.25) is 0 Å². The Morgan fingerprint density at radius 2 is 2.11 bits per heavy atom. The van der Waals surface area contributed by atoms with Crippen LogP contribution in [0.2, 0.25) is 0 Å². The first-order chi connectivity index (χ1) is 8.65. The molecule has 0 bridgehead atoms. The fourth-order valence-corrected chi connectivity index (χ4v) is 2.41. The van der Waals surface area contributed by atoms with Crippen molar-refractivity contribution in [3.63, 3.8) is 0 Å². The molecule has 4 nitrogen and oxygen atoms in total. The van der Waals surface area contributed by atoms with Crippen LogP contribution in [0.3, 0.4) is 0 Å². The van der Waals surface area contributed by atoms with Crippen molar-refractivity contribution in [2.45, 2.75) is 32.6 Å². The van der Waals surface area contributed by atoms with E-state index in [1.807, 2.05) is 6.92 Å². The van der Waals surface area contributed by atoms with Gasteiger partial charge in [-0.15, -0.1) is 0 Å². The highest BCUT2D eigenvalue weighted by atomic mass is 16.3. The largest absolute Gasteiger partial charge is 0.508 e. The van der Waals surface area contributed by atoms with Gasteiger partial charge in [0.25, 0.3) is 0 Å². The van der Waals surface area contributed by atoms with Crippen LogP contribution in [0.4, 0.5) is 10.5 Å². The molecule has 2 amide bonds. The SMILES string of the molecule is Cc1cc(O)ccc1NC(=O)NCC1CCCC1. The van der Waals surface area contributed by atoms with Crippen molar-refractivity contribution in [3.05, 3.63) is 23.8 Å². The number of rotatable bonds is 3. The molecule has 0 aromatic heterocycles. The molecule has 1 aliphatic rings. The monoisotopic (exact) mass is 248 g/mol. The maximum Gasteiger partial charge on any atom is 0.319 e. The summed E-state index contributed by atoms with van der Waals surface area (Å²) in [4.78, 5) is 11.7. The van der Waals surface area contributed by atoms with Crippen molar-refractivity contribution in [1.82, 2.24) is 5.32 Å². The number of carbonyl (C=O) groups is 1. The fourth-order valence-electron chi connectivity index (χ4n) is 2.41. The zero-order valence-electron chi connectivity index (χ0n) is 10.7. The summed E-state index contributed by atoms with van der Waals surface area (Å²) in [6.45, 7) is 2.61. The van der Waals surface area contributed by atoms with Crippen LogP contribution < -0.4 is 10.6 Å². The number of urea groups is 1. The third kappa shape index (κ3) is 3.39. The van der Waals surface area contributed by atoms with E-state index < -0.39 is 0 Å². The van der Waals surface area contributed by atoms with E-state index >= 15 is 0 Å². The fraction of sp³-hybridized carbons (Fsp3) is 0.500. The van der Waals surface area contributed by atoms with Gasteiger partial charge >= 0.3 is 6.03 Å². The molecule has 1 saturated carbocycles. The third-order valence-corrected chi connectivity index (χ3v) is 3.48. The van der Waals surface area contributed by atoms with Crippen LogP contribution in [0.25, 0.3) is 0 Å². The number of phenols is 1. The van der Waals surface area contributed by atoms with Crippen LogP contribution in [0, 0.1) is 12.8 Å². The van der Waals surface area contributed by atoms with E-state index in [4.69, 9.17) is 0 Å². The summed E-state index contributed by atoms with van der Waals surface area (Å²) in [6.07, 6.45) is 5.01. The molecule has 0 spiro atoms. The van der Waals surface area contributed by atoms with Gasteiger partial charge in [0.05, 0.1) is 0 Å². The van der Waals surface area contributed by atoms with E-state index in [1.165, 1.54) is 25.7 Å². The Hall–Kier alpha value is -1.71. The summed E-state index contributed by atoms with van der Waals surface area (Å²) in [7, 11) is 0. The number of phenolic OH excluding ortho intramolecular Hbond substituents is 1. The number of aryl methyl sites for hydroxylation is 1. The number of carbonyl (C=O) groups excluding carboxylic acids is 1. The average molecular weight is 248 g/mol. The molecule has 1 fully saturated rings. The number of amides is 2. The zero-order chi connectivity index (χ0) is 13.0. The van der Waals surface area contributed by atoms with Crippen molar-refractivity contribution in [3.8, 4) is 5.75 Å². The average Bonchev–Trinajstić information content (AvgIpc) is 2.83. The highest BCUT2D eigenvalue weighted by molar-refractivity contribution is 5.90. The molecule has 2 rings (SSSR count). The van der Waals surface area contributed by atoms with Crippen LogP contribution >= 0.6 is 0 Å². The Morgan fingerprint density at radius 1 is 1.39 bits per heavy atom. The maximum atomic E-state index is 11.7. The summed E-state index contributed by atoms with van der Waals surface area (Å²) in [5.74, 6) is 0.848. The van der Waals surface area contributed by atoms with E-state index in [9.17, 15) is 9.90 Å². The van der Waals surface area contributed by atoms with E-state index in [1.54, 1.807) is 18.2 Å². The van der Waals surface area contributed by atoms with Crippen LogP contribution in [-0.2, 0) is 0 Å². The van der Waals surface area contributed by atoms with Crippen molar-refractivity contribution in [1.29, 1.82) is 0 Å². The Labute approximate surface area is 107 Å². The van der Waals surface area contributed by atoms with Gasteiger partial charge in [-0.05, 0) is 49.4 Å². The van der Waals surface area contributed by atoms with E-state index in [-0.39, 0.29) is 11.8 Å². The van der Waals surface area contributed by atoms with Crippen LogP contribution in [0.15, 0.2) is 18.2 Å². The number of benzene rings is 1. The minimum atomic E-state index is -0.171. The van der Waals surface area contributed by atoms with Crippen molar-refractivity contribution < 1.29 is 9.90 Å². The minimum absolute atomic E-state index is 0.171. The number of hydrogen-bond donors (Lipinski definition) is 3. The third-order valence-electron chi connectivity index (χ3n) is 3.48. The van der Waals surface area contributed by atoms with Gasteiger partial charge in [0.15, 0.2) is 0 Å². The van der Waals surface area contributed by atoms with Crippen LogP contribution in [-0.4, -0.2) is 17.7 Å². The molecule has 0 radical (unpaired) electrons. The molecule has 0 aliphatic heterocycles. The normalized spacial score (nSPS) is 15.6. The molecule has 0 atom stereocenters. The molecule has 1 aliphatic carbocycles. The standard InChI is InChI=1S/C14H20N2O2/c1-10-8-12(17)6-7-13(10)16-14(18)15-9-11-4-2-3-5-11/h6-8,11,17H,2-5,9H2,1H3,(H2,15,16,18). The van der Waals surface area contributed by atoms with Gasteiger partial charge in [-0.1, -0.05) is 12.8 Å². The topological polar surface area (TPSA) is 61.4 Å². The zero-order valence-corrected chi connectivity index (χ0v) is 10.7. The molecule has 0 unspecified atom stereocenters. The van der Waals surface area contributed by atoms with Crippen molar-refractivity contribution >= 4 is 11.7 Å². The molecule has 4 heteroatoms. The Balaban J connectivity index is 1.82. The molecule has 0 saturated heterocycles. The summed E-state index contributed by atoms with van der Waals surface area (Å²) in [5.41, 5.74) is 1.59. The van der Waals surface area contributed by atoms with Gasteiger partial charge in [0.1, 0.15) is 5.75 Å². The smallest absolute Gasteiger partial charge is 0.319 e. The number of hydrogen-bond acceptors (Lipinski definition) is 2. The lowest BCUT2D eigenvalue weighted by Gasteiger charge is -2.13. The Morgan fingerprint density at radius 3 is 2.78 bits per heavy atom. The first-order valence-corrected chi connectivity index (χ1v) is 6.49. The van der Waals surface area contributed by atoms with Crippen LogP contribution in [0.5, 0.6) is 5.75 Å². The predicted octanol–water partition coefficient (Wildman–Crippen LogP) is 3.01. The molecule has 98 valence electrons. The molecule has 3 N–H and O–H groups in total. The molecular weight excluding hydrogens is 228 g/mol. The van der Waals surface area contributed by atoms with Gasteiger partial charge in [-0.25, -0.2) is 4.79 Å². The molecule has 0 heterocycles. The molecule has 1 aromatic carbocycles. The molecule has 1 aromatic rings. The summed E-state index contributed by atoms with van der Waals surface area (Å²) in [5, 5.41) is 15.0. The first kappa shape index (κ1) is 12.7. The first-order valence-electron chi connectivity index (χ1n) is 6.49. The second-order valence-electron chi connectivity index (χ2n) is 4.98. The summed E-state index contributed by atoms with van der Waals surface area (Å²) in [6, 6.07) is 4.74. The second kappa shape index (κ2) is 5.76. The van der Waals surface area contributed by atoms with E-state index in [0.29, 0.717) is 5.92 Å². The molecular formula is C14H20N2O2. The second-order valence-corrected chi connectivity index (χ2v) is 4.98. The van der Waals surface area contributed by atoms with E-state index in [0.717, 1.165) is 17.8 Å². The number of aromatic hydroxyl groups is 1. The van der Waals surface area contributed by atoms with Crippen molar-refractivity contribution in [2.24, 2.45) is 5.92 Å². The lowest BCUT2D eigenvalue weighted by Crippen LogP contribution is -2.32. The minimum Gasteiger partial charge on any atom is -0.508 e. The van der Waals surface area contributed by atoms with Crippen LogP contribution in [0.1, 0.15) is 31.2 Å². The van der Waals surface area contributed by atoms with Crippen molar-refractivity contribution in [2.75, 3.05) is 11.9 Å². The van der Waals surface area contributed by atoms with Gasteiger partial charge < -0.3 is 15.7 Å². The number of anilines is 1. The van der Waals surface area contributed by atoms with Gasteiger partial charge in [-0.3, -0.25) is 0 Å². The van der Waals surface area contributed by atoms with E-state index in [2.05, 4.69) is 10.6 Å². The highest BCUT2D eigenvalue weighted by Gasteiger charge is 2.15. The Bertz CT molecular complexity index is 426.